The van der Waals surface area contributed by atoms with Crippen LogP contribution in [0.15, 0.2) is 61.2 Å². The van der Waals surface area contributed by atoms with Crippen molar-refractivity contribution in [2.45, 2.75) is 51.9 Å². The maximum Gasteiger partial charge on any atom is -0.0149 e. The van der Waals surface area contributed by atoms with Crippen molar-refractivity contribution in [2.24, 2.45) is 0 Å². The molecule has 0 aromatic heterocycles. The molecular weight excluding hydrogens is 288 g/mol. The zero-order valence-corrected chi connectivity index (χ0v) is 14.9. The van der Waals surface area contributed by atoms with Gasteiger partial charge in [0, 0.05) is 0 Å². The van der Waals surface area contributed by atoms with Gasteiger partial charge in [0.15, 0.2) is 0 Å². The third-order valence-electron chi connectivity index (χ3n) is 5.00. The molecule has 1 aliphatic rings. The summed E-state index contributed by atoms with van der Waals surface area (Å²) in [6.07, 6.45) is 14.5. The first-order valence-electron chi connectivity index (χ1n) is 9.28. The zero-order chi connectivity index (χ0) is 16.8. The van der Waals surface area contributed by atoms with Crippen LogP contribution in [0.25, 0.3) is 11.1 Å². The molecule has 24 heavy (non-hydrogen) atoms. The molecule has 0 fully saturated rings. The fourth-order valence-electron chi connectivity index (χ4n) is 3.68. The third kappa shape index (κ3) is 3.87. The first-order valence-corrected chi connectivity index (χ1v) is 9.28. The predicted molar refractivity (Wildman–Crippen MR) is 106 cm³/mol. The molecule has 0 spiro atoms. The Kier molecular flexibility index (Phi) is 5.69. The van der Waals surface area contributed by atoms with Crippen molar-refractivity contribution in [3.05, 3.63) is 83.5 Å². The molecule has 0 nitrogen and oxygen atoms in total. The molecule has 2 aromatic carbocycles. The molecule has 2 aromatic rings. The van der Waals surface area contributed by atoms with Crippen LogP contribution in [0.5, 0.6) is 0 Å². The number of hydrogen-bond donors (Lipinski definition) is 0. The van der Waals surface area contributed by atoms with Crippen LogP contribution in [0.2, 0.25) is 0 Å². The number of aryl methyl sites for hydroxylation is 4. The second kappa shape index (κ2) is 8.15. The number of rotatable bonds is 7. The highest BCUT2D eigenvalue weighted by molar-refractivity contribution is 5.73. The lowest BCUT2D eigenvalue weighted by Gasteiger charge is -2.21. The molecule has 0 atom stereocenters. The largest absolute Gasteiger partial charge is 0.103 e. The Morgan fingerprint density at radius 2 is 1.50 bits per heavy atom. The zero-order valence-electron chi connectivity index (χ0n) is 14.9. The molecule has 0 amide bonds. The van der Waals surface area contributed by atoms with E-state index in [1.807, 2.05) is 6.08 Å². The quantitative estimate of drug-likeness (QED) is 0.405. The normalized spacial score (nSPS) is 12.9. The number of hydrogen-bond acceptors (Lipinski definition) is 0. The molecule has 0 bridgehead atoms. The highest BCUT2D eigenvalue weighted by Crippen LogP contribution is 2.35. The molecule has 0 unspecified atom stereocenters. The molecule has 3 rings (SSSR count). The van der Waals surface area contributed by atoms with Gasteiger partial charge in [-0.05, 0) is 85.3 Å². The fourth-order valence-corrected chi connectivity index (χ4v) is 3.68. The maximum absolute atomic E-state index is 3.81. The molecular formula is C24H28. The summed E-state index contributed by atoms with van der Waals surface area (Å²) >= 11 is 0. The van der Waals surface area contributed by atoms with Gasteiger partial charge in [-0.25, -0.2) is 0 Å². The molecule has 0 N–H and O–H groups in total. The van der Waals surface area contributed by atoms with Gasteiger partial charge in [-0.2, -0.15) is 0 Å². The van der Waals surface area contributed by atoms with Crippen molar-refractivity contribution in [3.8, 4) is 11.1 Å². The first-order chi connectivity index (χ1) is 11.8. The van der Waals surface area contributed by atoms with Gasteiger partial charge in [-0.15, -0.1) is 6.58 Å². The number of fused-ring (bicyclic) bond motifs is 3. The average molecular weight is 316 g/mol. The molecule has 0 heteroatoms. The summed E-state index contributed by atoms with van der Waals surface area (Å²) < 4.78 is 0. The highest BCUT2D eigenvalue weighted by Gasteiger charge is 2.16. The summed E-state index contributed by atoms with van der Waals surface area (Å²) in [7, 11) is 0. The van der Waals surface area contributed by atoms with Crippen LogP contribution in [0, 0.1) is 0 Å². The second-order valence-corrected chi connectivity index (χ2v) is 6.77. The minimum Gasteiger partial charge on any atom is -0.103 e. The summed E-state index contributed by atoms with van der Waals surface area (Å²) in [6.45, 7) is 5.91. The summed E-state index contributed by atoms with van der Waals surface area (Å²) in [6, 6.07) is 14.2. The summed E-state index contributed by atoms with van der Waals surface area (Å²) in [5, 5.41) is 0. The van der Waals surface area contributed by atoms with Crippen molar-refractivity contribution < 1.29 is 0 Å². The van der Waals surface area contributed by atoms with Gasteiger partial charge in [0.25, 0.3) is 0 Å². The lowest BCUT2D eigenvalue weighted by Crippen LogP contribution is -2.05. The van der Waals surface area contributed by atoms with E-state index in [4.69, 9.17) is 0 Å². The van der Waals surface area contributed by atoms with Crippen LogP contribution in [0.3, 0.4) is 0 Å². The van der Waals surface area contributed by atoms with E-state index in [-0.39, 0.29) is 0 Å². The van der Waals surface area contributed by atoms with Gasteiger partial charge in [0.05, 0.1) is 0 Å². The van der Waals surface area contributed by atoms with Crippen LogP contribution in [0.4, 0.5) is 0 Å². The molecule has 124 valence electrons. The van der Waals surface area contributed by atoms with Crippen molar-refractivity contribution in [1.29, 1.82) is 0 Å². The third-order valence-corrected chi connectivity index (χ3v) is 5.00. The van der Waals surface area contributed by atoms with E-state index in [9.17, 15) is 0 Å². The minimum atomic E-state index is 1.11. The monoisotopic (exact) mass is 316 g/mol. The lowest BCUT2D eigenvalue weighted by molar-refractivity contribution is 0.839. The van der Waals surface area contributed by atoms with Crippen LogP contribution < -0.4 is 0 Å². The standard InChI is InChI=1S/C24H28/c1-3-5-7-9-19-11-15-23-21(17-19)13-14-22-18-20(10-8-6-4-2)12-16-24(22)23/h3-4,6,11-12,15-18H,1,5,7-10,13-14H2,2H3/b6-4+. The van der Waals surface area contributed by atoms with Gasteiger partial charge < -0.3 is 0 Å². The Bertz CT molecular complexity index is 734. The van der Waals surface area contributed by atoms with Crippen LogP contribution in [0.1, 0.15) is 48.4 Å². The van der Waals surface area contributed by atoms with Crippen molar-refractivity contribution in [2.75, 3.05) is 0 Å². The van der Waals surface area contributed by atoms with Crippen LogP contribution >= 0.6 is 0 Å². The Morgan fingerprint density at radius 1 is 0.875 bits per heavy atom. The Morgan fingerprint density at radius 3 is 2.08 bits per heavy atom. The van der Waals surface area contributed by atoms with Crippen LogP contribution in [-0.2, 0) is 25.7 Å². The van der Waals surface area contributed by atoms with Gasteiger partial charge in [0.1, 0.15) is 0 Å². The predicted octanol–water partition coefficient (Wildman–Crippen LogP) is 6.47. The van der Waals surface area contributed by atoms with Crippen molar-refractivity contribution >= 4 is 0 Å². The van der Waals surface area contributed by atoms with E-state index < -0.39 is 0 Å². The van der Waals surface area contributed by atoms with E-state index in [2.05, 4.69) is 62.1 Å². The van der Waals surface area contributed by atoms with E-state index in [1.54, 1.807) is 0 Å². The summed E-state index contributed by atoms with van der Waals surface area (Å²) in [4.78, 5) is 0. The van der Waals surface area contributed by atoms with E-state index >= 15 is 0 Å². The molecule has 0 aliphatic heterocycles. The molecule has 0 heterocycles. The molecule has 0 saturated carbocycles. The highest BCUT2D eigenvalue weighted by atomic mass is 14.2. The number of benzene rings is 2. The first kappa shape index (κ1) is 16.8. The van der Waals surface area contributed by atoms with Gasteiger partial charge in [0.2, 0.25) is 0 Å². The Hall–Kier alpha value is -2.08. The Labute approximate surface area is 146 Å². The van der Waals surface area contributed by atoms with E-state index in [1.165, 1.54) is 52.6 Å². The van der Waals surface area contributed by atoms with Gasteiger partial charge in [-0.1, -0.05) is 54.6 Å². The molecule has 1 aliphatic carbocycles. The SMILES string of the molecule is C=CCCCc1ccc2c(c1)CCc1cc(CC/C=C/C)ccc1-2. The lowest BCUT2D eigenvalue weighted by atomic mass is 9.83. The second-order valence-electron chi connectivity index (χ2n) is 6.77. The summed E-state index contributed by atoms with van der Waals surface area (Å²) in [5.41, 5.74) is 8.89. The Balaban J connectivity index is 1.79. The summed E-state index contributed by atoms with van der Waals surface area (Å²) in [5.74, 6) is 0. The topological polar surface area (TPSA) is 0 Å². The maximum atomic E-state index is 3.81. The van der Waals surface area contributed by atoms with Crippen LogP contribution in [-0.4, -0.2) is 0 Å². The van der Waals surface area contributed by atoms with Gasteiger partial charge in [-0.3, -0.25) is 0 Å². The fraction of sp³-hybridized carbons (Fsp3) is 0.333. The average Bonchev–Trinajstić information content (AvgIpc) is 2.62. The van der Waals surface area contributed by atoms with Crippen molar-refractivity contribution in [1.82, 2.24) is 0 Å². The van der Waals surface area contributed by atoms with E-state index in [0.29, 0.717) is 0 Å². The van der Waals surface area contributed by atoms with Gasteiger partial charge >= 0.3 is 0 Å². The smallest absolute Gasteiger partial charge is 0.0149 e. The van der Waals surface area contributed by atoms with E-state index in [0.717, 1.165) is 25.7 Å². The molecule has 0 radical (unpaired) electrons. The minimum absolute atomic E-state index is 1.11. The number of allylic oxidation sites excluding steroid dienone is 3. The number of unbranched alkanes of at least 4 members (excludes halogenated alkanes) is 1. The van der Waals surface area contributed by atoms with Crippen molar-refractivity contribution in [3.63, 3.8) is 0 Å². The molecule has 0 saturated heterocycles.